The zero-order valence-corrected chi connectivity index (χ0v) is 9.85. The Bertz CT molecular complexity index is 288. The number of hydrogen-bond acceptors (Lipinski definition) is 3. The molecule has 14 heavy (non-hydrogen) atoms. The van der Waals surface area contributed by atoms with Crippen LogP contribution in [0.1, 0.15) is 31.6 Å². The van der Waals surface area contributed by atoms with Crippen LogP contribution in [0.15, 0.2) is 12.4 Å². The number of aliphatic hydroxyl groups excluding tert-OH is 2. The average molecular weight is 263 g/mol. The highest BCUT2D eigenvalue weighted by atomic mass is 79.9. The molecule has 0 fully saturated rings. The van der Waals surface area contributed by atoms with Crippen LogP contribution in [0, 0.1) is 0 Å². The van der Waals surface area contributed by atoms with E-state index in [0.717, 1.165) is 0 Å². The van der Waals surface area contributed by atoms with E-state index in [-0.39, 0.29) is 6.04 Å². The first kappa shape index (κ1) is 11.7. The molecule has 0 saturated carbocycles. The molecule has 2 atom stereocenters. The first-order valence-electron chi connectivity index (χ1n) is 4.52. The van der Waals surface area contributed by atoms with E-state index in [1.807, 2.05) is 13.8 Å². The van der Waals surface area contributed by atoms with Crippen LogP contribution < -0.4 is 0 Å². The van der Waals surface area contributed by atoms with Crippen LogP contribution in [0.25, 0.3) is 0 Å². The van der Waals surface area contributed by atoms with Crippen LogP contribution in [-0.4, -0.2) is 31.4 Å². The number of aromatic nitrogens is 2. The van der Waals surface area contributed by atoms with E-state index in [2.05, 4.69) is 21.0 Å². The van der Waals surface area contributed by atoms with Crippen LogP contribution >= 0.6 is 15.9 Å². The zero-order valence-electron chi connectivity index (χ0n) is 8.26. The maximum atomic E-state index is 9.65. The maximum Gasteiger partial charge on any atom is 0.109 e. The summed E-state index contributed by atoms with van der Waals surface area (Å²) in [5.74, 6) is 0. The van der Waals surface area contributed by atoms with Crippen molar-refractivity contribution in [3.05, 3.63) is 18.0 Å². The maximum absolute atomic E-state index is 9.65. The molecule has 0 saturated heterocycles. The van der Waals surface area contributed by atoms with Crippen molar-refractivity contribution in [3.8, 4) is 0 Å². The molecule has 0 aliphatic rings. The van der Waals surface area contributed by atoms with Crippen LogP contribution in [0.3, 0.4) is 0 Å². The summed E-state index contributed by atoms with van der Waals surface area (Å²) >= 11 is 3.11. The van der Waals surface area contributed by atoms with Crippen molar-refractivity contribution in [2.24, 2.45) is 0 Å². The fourth-order valence-electron chi connectivity index (χ4n) is 1.09. The Kier molecular flexibility index (Phi) is 4.10. The van der Waals surface area contributed by atoms with Gasteiger partial charge < -0.3 is 10.2 Å². The molecule has 0 bridgehead atoms. The van der Waals surface area contributed by atoms with Gasteiger partial charge in [0.15, 0.2) is 0 Å². The van der Waals surface area contributed by atoms with Gasteiger partial charge in [-0.25, -0.2) is 0 Å². The largest absolute Gasteiger partial charge is 0.389 e. The van der Waals surface area contributed by atoms with Gasteiger partial charge in [0.1, 0.15) is 6.10 Å². The molecular weight excluding hydrogens is 248 g/mol. The van der Waals surface area contributed by atoms with Crippen molar-refractivity contribution in [1.29, 1.82) is 0 Å². The molecule has 5 heteroatoms. The smallest absolute Gasteiger partial charge is 0.109 e. The second-order valence-electron chi connectivity index (χ2n) is 3.51. The second kappa shape index (κ2) is 4.91. The number of halogens is 1. The minimum atomic E-state index is -0.873. The first-order valence-corrected chi connectivity index (χ1v) is 5.64. The van der Waals surface area contributed by atoms with Crippen molar-refractivity contribution in [1.82, 2.24) is 9.78 Å². The predicted octanol–water partition coefficient (Wildman–Crippen LogP) is 1.25. The lowest BCUT2D eigenvalue weighted by molar-refractivity contribution is 0.0342. The standard InChI is InChI=1S/C9H15BrN2O2/c1-6(2)12-5-7(4-11-12)9(14)8(13)3-10/h4-6,8-9,13-14H,3H2,1-2H3. The van der Waals surface area contributed by atoms with Gasteiger partial charge >= 0.3 is 0 Å². The van der Waals surface area contributed by atoms with E-state index in [1.54, 1.807) is 17.1 Å². The molecule has 0 spiro atoms. The Balaban J connectivity index is 2.76. The van der Waals surface area contributed by atoms with Gasteiger partial charge in [-0.15, -0.1) is 0 Å². The third-order valence-corrected chi connectivity index (χ3v) is 2.68. The summed E-state index contributed by atoms with van der Waals surface area (Å²) in [5, 5.41) is 23.5. The van der Waals surface area contributed by atoms with Gasteiger partial charge in [0.2, 0.25) is 0 Å². The number of aliphatic hydroxyl groups is 2. The van der Waals surface area contributed by atoms with E-state index in [0.29, 0.717) is 10.9 Å². The van der Waals surface area contributed by atoms with E-state index in [4.69, 9.17) is 0 Å². The molecule has 4 nitrogen and oxygen atoms in total. The van der Waals surface area contributed by atoms with E-state index >= 15 is 0 Å². The van der Waals surface area contributed by atoms with Gasteiger partial charge in [-0.3, -0.25) is 4.68 Å². The normalized spacial score (nSPS) is 15.9. The summed E-state index contributed by atoms with van der Waals surface area (Å²) in [5.41, 5.74) is 0.644. The molecular formula is C9H15BrN2O2. The Morgan fingerprint density at radius 1 is 1.50 bits per heavy atom. The topological polar surface area (TPSA) is 58.3 Å². The van der Waals surface area contributed by atoms with Gasteiger partial charge in [0.25, 0.3) is 0 Å². The summed E-state index contributed by atoms with van der Waals surface area (Å²) in [6.07, 6.45) is 1.67. The molecule has 1 rings (SSSR count). The lowest BCUT2D eigenvalue weighted by atomic mass is 10.1. The van der Waals surface area contributed by atoms with E-state index in [1.165, 1.54) is 0 Å². The van der Waals surface area contributed by atoms with Gasteiger partial charge in [-0.2, -0.15) is 5.10 Å². The third kappa shape index (κ3) is 2.56. The fourth-order valence-corrected chi connectivity index (χ4v) is 1.45. The highest BCUT2D eigenvalue weighted by Gasteiger charge is 2.18. The predicted molar refractivity (Wildman–Crippen MR) is 57.4 cm³/mol. The molecule has 80 valence electrons. The van der Waals surface area contributed by atoms with Crippen molar-refractivity contribution in [2.45, 2.75) is 32.1 Å². The molecule has 0 aromatic carbocycles. The highest BCUT2D eigenvalue weighted by molar-refractivity contribution is 9.09. The Morgan fingerprint density at radius 3 is 2.57 bits per heavy atom. The van der Waals surface area contributed by atoms with Crippen molar-refractivity contribution in [2.75, 3.05) is 5.33 Å². The second-order valence-corrected chi connectivity index (χ2v) is 4.16. The monoisotopic (exact) mass is 262 g/mol. The Hall–Kier alpha value is -0.390. The SMILES string of the molecule is CC(C)n1cc(C(O)C(O)CBr)cn1. The molecule has 1 aromatic rings. The Morgan fingerprint density at radius 2 is 2.14 bits per heavy atom. The van der Waals surface area contributed by atoms with Crippen molar-refractivity contribution in [3.63, 3.8) is 0 Å². The van der Waals surface area contributed by atoms with Crippen LogP contribution in [0.4, 0.5) is 0 Å². The van der Waals surface area contributed by atoms with Crippen LogP contribution in [-0.2, 0) is 0 Å². The summed E-state index contributed by atoms with van der Waals surface area (Å²) in [6.45, 7) is 4.01. The van der Waals surface area contributed by atoms with Gasteiger partial charge in [0, 0.05) is 23.1 Å². The van der Waals surface area contributed by atoms with Gasteiger partial charge in [-0.1, -0.05) is 15.9 Å². The molecule has 0 radical (unpaired) electrons. The number of hydrogen-bond donors (Lipinski definition) is 2. The summed E-state index contributed by atoms with van der Waals surface area (Å²) in [6, 6.07) is 0.261. The molecule has 0 aliphatic carbocycles. The highest BCUT2D eigenvalue weighted by Crippen LogP contribution is 2.18. The molecule has 2 unspecified atom stereocenters. The van der Waals surface area contributed by atoms with Crippen LogP contribution in [0.5, 0.6) is 0 Å². The quantitative estimate of drug-likeness (QED) is 0.804. The number of rotatable bonds is 4. The molecule has 1 heterocycles. The van der Waals surface area contributed by atoms with Gasteiger partial charge in [-0.05, 0) is 13.8 Å². The molecule has 2 N–H and O–H groups in total. The van der Waals surface area contributed by atoms with Crippen molar-refractivity contribution < 1.29 is 10.2 Å². The summed E-state index contributed by atoms with van der Waals surface area (Å²) in [4.78, 5) is 0. The number of nitrogens with zero attached hydrogens (tertiary/aromatic N) is 2. The first-order chi connectivity index (χ1) is 6.56. The summed E-state index contributed by atoms with van der Waals surface area (Å²) < 4.78 is 1.75. The lowest BCUT2D eigenvalue weighted by Gasteiger charge is -2.13. The van der Waals surface area contributed by atoms with E-state index < -0.39 is 12.2 Å². The number of alkyl halides is 1. The molecule has 0 amide bonds. The Labute approximate surface area is 91.7 Å². The zero-order chi connectivity index (χ0) is 10.7. The minimum absolute atomic E-state index is 0.261. The van der Waals surface area contributed by atoms with E-state index in [9.17, 15) is 10.2 Å². The lowest BCUT2D eigenvalue weighted by Crippen LogP contribution is -2.19. The fraction of sp³-hybridized carbons (Fsp3) is 0.667. The average Bonchev–Trinajstić information content (AvgIpc) is 2.64. The summed E-state index contributed by atoms with van der Waals surface area (Å²) in [7, 11) is 0. The van der Waals surface area contributed by atoms with Crippen molar-refractivity contribution >= 4 is 15.9 Å². The van der Waals surface area contributed by atoms with Crippen LogP contribution in [0.2, 0.25) is 0 Å². The molecule has 0 aliphatic heterocycles. The van der Waals surface area contributed by atoms with Gasteiger partial charge in [0.05, 0.1) is 12.3 Å². The minimum Gasteiger partial charge on any atom is -0.389 e. The third-order valence-electron chi connectivity index (χ3n) is 2.01. The molecule has 1 aromatic heterocycles.